The number of primary amides is 1. The molecule has 0 unspecified atom stereocenters. The first kappa shape index (κ1) is 10.2. The quantitative estimate of drug-likeness (QED) is 0.740. The van der Waals surface area contributed by atoms with Gasteiger partial charge in [-0.15, -0.1) is 0 Å². The number of methoxy groups -OCH3 is 1. The van der Waals surface area contributed by atoms with Crippen molar-refractivity contribution < 1.29 is 13.9 Å². The van der Waals surface area contributed by atoms with E-state index in [4.69, 9.17) is 10.5 Å². The topological polar surface area (TPSA) is 52.3 Å². The molecule has 2 N–H and O–H groups in total. The molecule has 0 fully saturated rings. The van der Waals surface area contributed by atoms with E-state index < -0.39 is 11.7 Å². The Balaban J connectivity index is 3.08. The van der Waals surface area contributed by atoms with E-state index in [2.05, 4.69) is 0 Å². The summed E-state index contributed by atoms with van der Waals surface area (Å²) in [5, 5.41) is 0. The molecule has 0 spiro atoms. The monoisotopic (exact) mass is 195 g/mol. The van der Waals surface area contributed by atoms with Crippen molar-refractivity contribution in [2.75, 3.05) is 7.11 Å². The average molecular weight is 195 g/mol. The molecule has 1 rings (SSSR count). The molecular weight excluding hydrogens is 185 g/mol. The van der Waals surface area contributed by atoms with Gasteiger partial charge in [0.1, 0.15) is 0 Å². The summed E-state index contributed by atoms with van der Waals surface area (Å²) in [5.41, 5.74) is 5.39. The number of halogens is 1. The summed E-state index contributed by atoms with van der Waals surface area (Å²) in [7, 11) is 1.36. The fraction of sp³-hybridized carbons (Fsp3) is 0.100. The lowest BCUT2D eigenvalue weighted by molar-refractivity contribution is -0.113. The molecule has 0 saturated heterocycles. The van der Waals surface area contributed by atoms with Crippen molar-refractivity contribution in [2.24, 2.45) is 5.73 Å². The zero-order valence-corrected chi connectivity index (χ0v) is 7.66. The Hall–Kier alpha value is -1.84. The number of rotatable bonds is 3. The Kier molecular flexibility index (Phi) is 3.23. The zero-order chi connectivity index (χ0) is 10.6. The van der Waals surface area contributed by atoms with Gasteiger partial charge >= 0.3 is 0 Å². The number of hydrogen-bond donors (Lipinski definition) is 1. The molecular formula is C10H10FNO2. The van der Waals surface area contributed by atoms with Gasteiger partial charge in [0.25, 0.3) is 0 Å². The largest absolute Gasteiger partial charge is 0.493 e. The van der Waals surface area contributed by atoms with Crippen LogP contribution >= 0.6 is 0 Å². The van der Waals surface area contributed by atoms with Crippen molar-refractivity contribution >= 4 is 12.0 Å². The first-order valence-electron chi connectivity index (χ1n) is 3.95. The van der Waals surface area contributed by atoms with E-state index in [0.29, 0.717) is 5.56 Å². The molecule has 1 aromatic rings. The van der Waals surface area contributed by atoms with Crippen LogP contribution in [0.1, 0.15) is 5.56 Å². The number of benzene rings is 1. The Morgan fingerprint density at radius 3 is 2.86 bits per heavy atom. The molecule has 1 amide bonds. The van der Waals surface area contributed by atoms with E-state index in [-0.39, 0.29) is 5.75 Å². The molecule has 0 atom stereocenters. The van der Waals surface area contributed by atoms with Crippen LogP contribution in [0.5, 0.6) is 5.75 Å². The van der Waals surface area contributed by atoms with Crippen LogP contribution in [0.25, 0.3) is 6.08 Å². The van der Waals surface area contributed by atoms with E-state index in [0.717, 1.165) is 6.08 Å². The first-order chi connectivity index (χ1) is 6.65. The normalized spacial score (nSPS) is 10.4. The summed E-state index contributed by atoms with van der Waals surface area (Å²) < 4.78 is 17.9. The maximum absolute atomic E-state index is 13.1. The minimum Gasteiger partial charge on any atom is -0.493 e. The van der Waals surface area contributed by atoms with Crippen LogP contribution in [-0.4, -0.2) is 13.0 Å². The summed E-state index contributed by atoms with van der Waals surface area (Å²) >= 11 is 0. The molecule has 0 saturated carbocycles. The van der Waals surface area contributed by atoms with E-state index in [1.807, 2.05) is 0 Å². The fourth-order valence-corrected chi connectivity index (χ4v) is 1.04. The number of carbonyl (C=O) groups excluding carboxylic acids is 1. The third-order valence-corrected chi connectivity index (χ3v) is 1.63. The van der Waals surface area contributed by atoms with Crippen molar-refractivity contribution in [2.45, 2.75) is 0 Å². The van der Waals surface area contributed by atoms with Crippen molar-refractivity contribution in [3.05, 3.63) is 35.7 Å². The van der Waals surface area contributed by atoms with Crippen LogP contribution in [0.3, 0.4) is 0 Å². The summed E-state index contributed by atoms with van der Waals surface area (Å²) in [5.74, 6) is -0.958. The second-order valence-electron chi connectivity index (χ2n) is 2.60. The third kappa shape index (κ3) is 2.32. The van der Waals surface area contributed by atoms with Gasteiger partial charge in [-0.05, 0) is 12.1 Å². The maximum atomic E-state index is 13.1. The summed E-state index contributed by atoms with van der Waals surface area (Å²) in [6.07, 6.45) is 2.56. The highest BCUT2D eigenvalue weighted by Crippen LogP contribution is 2.23. The van der Waals surface area contributed by atoms with Gasteiger partial charge in [-0.3, -0.25) is 4.79 Å². The van der Waals surface area contributed by atoms with Crippen LogP contribution in [0, 0.1) is 5.82 Å². The van der Waals surface area contributed by atoms with Crippen LogP contribution in [0.15, 0.2) is 24.3 Å². The molecule has 0 aliphatic carbocycles. The predicted molar refractivity (Wildman–Crippen MR) is 51.2 cm³/mol. The second kappa shape index (κ2) is 4.41. The molecule has 0 radical (unpaired) electrons. The number of para-hydroxylation sites is 1. The Labute approximate surface area is 81.0 Å². The average Bonchev–Trinajstić information content (AvgIpc) is 2.14. The van der Waals surface area contributed by atoms with Crippen LogP contribution < -0.4 is 10.5 Å². The van der Waals surface area contributed by atoms with E-state index in [9.17, 15) is 9.18 Å². The van der Waals surface area contributed by atoms with Crippen LogP contribution in [0.4, 0.5) is 4.39 Å². The van der Waals surface area contributed by atoms with Gasteiger partial charge in [-0.1, -0.05) is 12.1 Å². The molecule has 0 bridgehead atoms. The van der Waals surface area contributed by atoms with Crippen LogP contribution in [0.2, 0.25) is 0 Å². The first-order valence-corrected chi connectivity index (χ1v) is 3.95. The van der Waals surface area contributed by atoms with Gasteiger partial charge < -0.3 is 10.5 Å². The minimum atomic E-state index is -0.587. The Morgan fingerprint density at radius 1 is 1.57 bits per heavy atom. The second-order valence-corrected chi connectivity index (χ2v) is 2.60. The molecule has 0 aromatic heterocycles. The summed E-state index contributed by atoms with van der Waals surface area (Å²) in [6, 6.07) is 4.43. The predicted octanol–water partition coefficient (Wildman–Crippen LogP) is 1.33. The van der Waals surface area contributed by atoms with Gasteiger partial charge in [0.2, 0.25) is 5.91 Å². The highest BCUT2D eigenvalue weighted by Gasteiger charge is 2.05. The van der Waals surface area contributed by atoms with E-state index >= 15 is 0 Å². The number of carbonyl (C=O) groups is 1. The lowest BCUT2D eigenvalue weighted by atomic mass is 10.2. The molecule has 14 heavy (non-hydrogen) atoms. The lowest BCUT2D eigenvalue weighted by Gasteiger charge is -2.04. The molecule has 3 nitrogen and oxygen atoms in total. The Morgan fingerprint density at radius 2 is 2.29 bits per heavy atom. The van der Waals surface area contributed by atoms with Crippen LogP contribution in [-0.2, 0) is 4.79 Å². The third-order valence-electron chi connectivity index (χ3n) is 1.63. The van der Waals surface area contributed by atoms with E-state index in [1.54, 1.807) is 6.07 Å². The number of ether oxygens (including phenoxy) is 1. The summed E-state index contributed by atoms with van der Waals surface area (Å²) in [6.45, 7) is 0. The number of nitrogens with two attached hydrogens (primary N) is 1. The zero-order valence-electron chi connectivity index (χ0n) is 7.66. The molecule has 4 heteroatoms. The van der Waals surface area contributed by atoms with Crippen molar-refractivity contribution in [3.63, 3.8) is 0 Å². The van der Waals surface area contributed by atoms with Gasteiger partial charge in [0.15, 0.2) is 11.6 Å². The van der Waals surface area contributed by atoms with Crippen molar-refractivity contribution in [3.8, 4) is 5.75 Å². The Bertz CT molecular complexity index is 374. The van der Waals surface area contributed by atoms with E-state index in [1.165, 1.54) is 25.3 Å². The minimum absolute atomic E-state index is 0.102. The highest BCUT2D eigenvalue weighted by molar-refractivity contribution is 5.90. The fourth-order valence-electron chi connectivity index (χ4n) is 1.04. The molecule has 1 aromatic carbocycles. The molecule has 0 aliphatic heterocycles. The summed E-state index contributed by atoms with van der Waals surface area (Å²) in [4.78, 5) is 10.5. The number of hydrogen-bond acceptors (Lipinski definition) is 2. The maximum Gasteiger partial charge on any atom is 0.241 e. The van der Waals surface area contributed by atoms with Gasteiger partial charge in [0.05, 0.1) is 7.11 Å². The van der Waals surface area contributed by atoms with Crippen molar-refractivity contribution in [1.82, 2.24) is 0 Å². The van der Waals surface area contributed by atoms with Gasteiger partial charge in [-0.2, -0.15) is 0 Å². The van der Waals surface area contributed by atoms with Gasteiger partial charge in [-0.25, -0.2) is 4.39 Å². The van der Waals surface area contributed by atoms with Crippen molar-refractivity contribution in [1.29, 1.82) is 0 Å². The molecule has 0 heterocycles. The SMILES string of the molecule is COc1c(F)cccc1C=CC(N)=O. The molecule has 0 aliphatic rings. The standard InChI is InChI=1S/C10H10FNO2/c1-14-10-7(5-6-9(12)13)3-2-4-8(10)11/h2-6H,1H3,(H2,12,13). The smallest absolute Gasteiger partial charge is 0.241 e. The lowest BCUT2D eigenvalue weighted by Crippen LogP contribution is -2.05. The van der Waals surface area contributed by atoms with Gasteiger partial charge in [0, 0.05) is 11.6 Å². The number of amides is 1. The highest BCUT2D eigenvalue weighted by atomic mass is 19.1. The molecule has 74 valence electrons.